The summed E-state index contributed by atoms with van der Waals surface area (Å²) in [5.74, 6) is 0. The van der Waals surface area contributed by atoms with E-state index in [9.17, 15) is 5.11 Å². The molecule has 1 aromatic heterocycles. The highest BCUT2D eigenvalue weighted by molar-refractivity contribution is 5.93. The van der Waals surface area contributed by atoms with E-state index in [1.54, 1.807) is 0 Å². The number of hydrogen-bond acceptors (Lipinski definition) is 1. The number of rotatable bonds is 7. The molecule has 0 aliphatic heterocycles. The summed E-state index contributed by atoms with van der Waals surface area (Å²) in [6.45, 7) is 5.07. The molecule has 3 aromatic rings. The van der Waals surface area contributed by atoms with Gasteiger partial charge in [-0.2, -0.15) is 4.57 Å². The van der Waals surface area contributed by atoms with Gasteiger partial charge < -0.3 is 29.1 Å². The molecule has 2 nitrogen and oxygen atoms in total. The Morgan fingerprint density at radius 3 is 2.00 bits per heavy atom. The van der Waals surface area contributed by atoms with E-state index in [1.165, 1.54) is 46.6 Å². The summed E-state index contributed by atoms with van der Waals surface area (Å²) >= 11 is 0. The molecule has 25 heavy (non-hydrogen) atoms. The Balaban J connectivity index is 0.00000225. The summed E-state index contributed by atoms with van der Waals surface area (Å²) < 4.78 is 2.29. The van der Waals surface area contributed by atoms with Gasteiger partial charge in [0.1, 0.15) is 6.10 Å². The van der Waals surface area contributed by atoms with Crippen LogP contribution in [0.2, 0.25) is 0 Å². The first-order chi connectivity index (χ1) is 11.7. The lowest BCUT2D eigenvalue weighted by Crippen LogP contribution is -3.00. The van der Waals surface area contributed by atoms with Crippen molar-refractivity contribution < 1.29 is 33.7 Å². The number of pyridine rings is 1. The number of aliphatic hydroxyl groups is 1. The largest absolute Gasteiger partial charge is 1.00 e. The number of hydrogen-bond donors (Lipinski definition) is 1. The molecule has 0 saturated carbocycles. The number of unbranched alkanes of at least 4 members (excludes halogenated alkanes) is 3. The van der Waals surface area contributed by atoms with Crippen LogP contribution in [-0.4, -0.2) is 11.2 Å². The molecular formula is C22H28INO. The molecule has 1 atom stereocenters. The minimum atomic E-state index is -0.290. The van der Waals surface area contributed by atoms with Gasteiger partial charge in [0.15, 0.2) is 6.54 Å². The number of benzene rings is 2. The van der Waals surface area contributed by atoms with Crippen molar-refractivity contribution in [2.24, 2.45) is 0 Å². The van der Waals surface area contributed by atoms with E-state index in [4.69, 9.17) is 0 Å². The number of nitrogens with zero attached hydrogens (tertiary/aromatic N) is 1. The first-order valence-electron chi connectivity index (χ1n) is 9.20. The monoisotopic (exact) mass is 449 g/mol. The molecule has 3 heteroatoms. The Morgan fingerprint density at radius 1 is 0.880 bits per heavy atom. The van der Waals surface area contributed by atoms with Gasteiger partial charge in [0, 0.05) is 22.9 Å². The van der Waals surface area contributed by atoms with Gasteiger partial charge in [-0.15, -0.1) is 0 Å². The van der Waals surface area contributed by atoms with Crippen molar-refractivity contribution in [1.29, 1.82) is 0 Å². The number of aliphatic hydroxyl groups excluding tert-OH is 1. The summed E-state index contributed by atoms with van der Waals surface area (Å²) in [4.78, 5) is 0. The lowest BCUT2D eigenvalue weighted by atomic mass is 10.0. The summed E-state index contributed by atoms with van der Waals surface area (Å²) in [5.41, 5.74) is 3.73. The first kappa shape index (κ1) is 20.1. The molecule has 0 radical (unpaired) electrons. The van der Waals surface area contributed by atoms with Crippen LogP contribution in [0.3, 0.4) is 0 Å². The summed E-state index contributed by atoms with van der Waals surface area (Å²) in [6.07, 6.45) is 5.41. The summed E-state index contributed by atoms with van der Waals surface area (Å²) in [7, 11) is 0. The van der Waals surface area contributed by atoms with Crippen LogP contribution in [0, 0.1) is 6.92 Å². The molecule has 0 saturated heterocycles. The molecule has 2 aromatic carbocycles. The standard InChI is InChI=1S/C22H28NO.HI/c1-3-4-5-6-11-18(24)16-23-21-14-9-7-12-19(21)17(2)20-13-8-10-15-22(20)23;/h7-10,12-15,18,24H,3-6,11,16H2,1-2H3;1H/q+1;/p-1. The van der Waals surface area contributed by atoms with Crippen LogP contribution in [0.25, 0.3) is 21.8 Å². The molecule has 0 aliphatic rings. The molecule has 1 heterocycles. The first-order valence-corrected chi connectivity index (χ1v) is 9.20. The van der Waals surface area contributed by atoms with Crippen LogP contribution in [0.15, 0.2) is 48.5 Å². The van der Waals surface area contributed by atoms with Crippen LogP contribution >= 0.6 is 0 Å². The maximum atomic E-state index is 10.6. The highest BCUT2D eigenvalue weighted by atomic mass is 127. The van der Waals surface area contributed by atoms with Crippen molar-refractivity contribution in [3.8, 4) is 0 Å². The highest BCUT2D eigenvalue weighted by Gasteiger charge is 2.20. The van der Waals surface area contributed by atoms with Crippen molar-refractivity contribution in [3.05, 3.63) is 54.1 Å². The molecule has 1 N–H and O–H groups in total. The third-order valence-corrected chi connectivity index (χ3v) is 4.98. The van der Waals surface area contributed by atoms with E-state index < -0.39 is 0 Å². The van der Waals surface area contributed by atoms with E-state index in [0.717, 1.165) is 12.8 Å². The van der Waals surface area contributed by atoms with Crippen LogP contribution in [0.1, 0.15) is 44.6 Å². The van der Waals surface area contributed by atoms with Crippen molar-refractivity contribution in [1.82, 2.24) is 0 Å². The fraction of sp³-hybridized carbons (Fsp3) is 0.409. The molecule has 0 amide bonds. The van der Waals surface area contributed by atoms with E-state index in [1.807, 2.05) is 0 Å². The van der Waals surface area contributed by atoms with E-state index in [-0.39, 0.29) is 30.1 Å². The van der Waals surface area contributed by atoms with Gasteiger partial charge in [-0.1, -0.05) is 56.9 Å². The lowest BCUT2D eigenvalue weighted by molar-refractivity contribution is -0.653. The van der Waals surface area contributed by atoms with Crippen LogP contribution in [0.5, 0.6) is 0 Å². The minimum Gasteiger partial charge on any atom is -1.00 e. The van der Waals surface area contributed by atoms with E-state index in [2.05, 4.69) is 66.9 Å². The van der Waals surface area contributed by atoms with Crippen LogP contribution < -0.4 is 28.5 Å². The summed E-state index contributed by atoms with van der Waals surface area (Å²) in [6, 6.07) is 17.0. The summed E-state index contributed by atoms with van der Waals surface area (Å²) in [5, 5.41) is 13.1. The Hall–Kier alpha value is -1.20. The average Bonchev–Trinajstić information content (AvgIpc) is 2.62. The molecule has 134 valence electrons. The fourth-order valence-corrected chi connectivity index (χ4v) is 3.63. The molecule has 1 unspecified atom stereocenters. The predicted octanol–water partition coefficient (Wildman–Crippen LogP) is 1.92. The van der Waals surface area contributed by atoms with Gasteiger partial charge in [0.25, 0.3) is 0 Å². The van der Waals surface area contributed by atoms with Crippen LogP contribution in [-0.2, 0) is 6.54 Å². The quantitative estimate of drug-likeness (QED) is 0.254. The second kappa shape index (κ2) is 9.48. The Bertz CT molecular complexity index is 774. The minimum absolute atomic E-state index is 0. The second-order valence-corrected chi connectivity index (χ2v) is 6.77. The lowest BCUT2D eigenvalue weighted by Gasteiger charge is -2.12. The van der Waals surface area contributed by atoms with Crippen molar-refractivity contribution in [2.75, 3.05) is 0 Å². The van der Waals surface area contributed by atoms with Gasteiger partial charge in [-0.05, 0) is 31.0 Å². The smallest absolute Gasteiger partial charge is 0.213 e. The number of para-hydroxylation sites is 2. The van der Waals surface area contributed by atoms with Gasteiger partial charge in [0.05, 0.1) is 0 Å². The zero-order valence-electron chi connectivity index (χ0n) is 15.2. The van der Waals surface area contributed by atoms with Crippen LogP contribution in [0.4, 0.5) is 0 Å². The molecule has 3 rings (SSSR count). The zero-order chi connectivity index (χ0) is 16.9. The van der Waals surface area contributed by atoms with Crippen molar-refractivity contribution in [2.45, 2.75) is 58.6 Å². The number of fused-ring (bicyclic) bond motifs is 2. The van der Waals surface area contributed by atoms with E-state index >= 15 is 0 Å². The third-order valence-electron chi connectivity index (χ3n) is 4.98. The van der Waals surface area contributed by atoms with Crippen molar-refractivity contribution in [3.63, 3.8) is 0 Å². The van der Waals surface area contributed by atoms with Gasteiger partial charge in [-0.25, -0.2) is 0 Å². The van der Waals surface area contributed by atoms with Gasteiger partial charge in [-0.3, -0.25) is 0 Å². The van der Waals surface area contributed by atoms with Crippen molar-refractivity contribution >= 4 is 21.8 Å². The predicted molar refractivity (Wildman–Crippen MR) is 101 cm³/mol. The zero-order valence-corrected chi connectivity index (χ0v) is 17.4. The molecule has 0 fully saturated rings. The SMILES string of the molecule is CCCCCCC(O)C[n+]1c2ccccc2c(C)c2ccccc21.[I-]. The molecule has 0 bridgehead atoms. The maximum absolute atomic E-state index is 10.6. The number of aromatic nitrogens is 1. The number of aryl methyl sites for hydroxylation is 1. The second-order valence-electron chi connectivity index (χ2n) is 6.77. The maximum Gasteiger partial charge on any atom is 0.213 e. The van der Waals surface area contributed by atoms with Gasteiger partial charge in [0.2, 0.25) is 11.0 Å². The topological polar surface area (TPSA) is 24.1 Å². The molecule has 0 spiro atoms. The fourth-order valence-electron chi connectivity index (χ4n) is 3.63. The molecule has 0 aliphatic carbocycles. The number of halogens is 1. The third kappa shape index (κ3) is 4.50. The van der Waals surface area contributed by atoms with Gasteiger partial charge >= 0.3 is 0 Å². The van der Waals surface area contributed by atoms with E-state index in [0.29, 0.717) is 6.54 Å². The Kier molecular flexibility index (Phi) is 7.63. The average molecular weight is 449 g/mol. The highest BCUT2D eigenvalue weighted by Crippen LogP contribution is 2.24. The normalized spacial score (nSPS) is 12.3. The Morgan fingerprint density at radius 2 is 1.44 bits per heavy atom. The molecular weight excluding hydrogens is 421 g/mol. The Labute approximate surface area is 167 Å².